The van der Waals surface area contributed by atoms with Gasteiger partial charge in [-0.25, -0.2) is 0 Å². The third kappa shape index (κ3) is 3.16. The molecule has 2 atom stereocenters. The van der Waals surface area contributed by atoms with Gasteiger partial charge in [0.15, 0.2) is 0 Å². The molecule has 0 saturated heterocycles. The van der Waals surface area contributed by atoms with Crippen molar-refractivity contribution in [1.29, 1.82) is 0 Å². The van der Waals surface area contributed by atoms with Crippen LogP contribution in [0.25, 0.3) is 0 Å². The van der Waals surface area contributed by atoms with Crippen molar-refractivity contribution >= 4 is 17.3 Å². The first-order chi connectivity index (χ1) is 10.3. The van der Waals surface area contributed by atoms with Gasteiger partial charge in [0.05, 0.1) is 12.0 Å². The first-order valence-electron chi connectivity index (χ1n) is 7.44. The fourth-order valence-corrected chi connectivity index (χ4v) is 3.06. The zero-order valence-electron chi connectivity index (χ0n) is 12.2. The summed E-state index contributed by atoms with van der Waals surface area (Å²) in [5.41, 5.74) is 3.58. The number of nitrogens with one attached hydrogen (secondary N) is 1. The average molecular weight is 302 g/mol. The maximum atomic E-state index is 6.25. The van der Waals surface area contributed by atoms with Crippen LogP contribution in [0.2, 0.25) is 0 Å². The predicted molar refractivity (Wildman–Crippen MR) is 88.5 cm³/mol. The van der Waals surface area contributed by atoms with Crippen LogP contribution >= 0.6 is 11.6 Å². The van der Waals surface area contributed by atoms with E-state index in [1.165, 1.54) is 5.56 Å². The number of para-hydroxylation sites is 2. The summed E-state index contributed by atoms with van der Waals surface area (Å²) in [7, 11) is 0. The second-order valence-corrected chi connectivity index (χ2v) is 6.11. The van der Waals surface area contributed by atoms with Crippen molar-refractivity contribution < 1.29 is 4.74 Å². The molecule has 0 amide bonds. The molecule has 3 rings (SSSR count). The Kier molecular flexibility index (Phi) is 4.35. The fraction of sp³-hybridized carbons (Fsp3) is 0.333. The Balaban J connectivity index is 1.75. The molecule has 1 heterocycles. The third-order valence-corrected chi connectivity index (χ3v) is 4.25. The van der Waals surface area contributed by atoms with Crippen LogP contribution in [-0.4, -0.2) is 13.2 Å². The van der Waals surface area contributed by atoms with Gasteiger partial charge in [-0.1, -0.05) is 36.4 Å². The monoisotopic (exact) mass is 301 g/mol. The van der Waals surface area contributed by atoms with Gasteiger partial charge in [-0.2, -0.15) is 0 Å². The van der Waals surface area contributed by atoms with Crippen molar-refractivity contribution in [2.45, 2.75) is 24.6 Å². The van der Waals surface area contributed by atoms with Gasteiger partial charge in [-0.3, -0.25) is 0 Å². The topological polar surface area (TPSA) is 21.3 Å². The molecule has 2 nitrogen and oxygen atoms in total. The van der Waals surface area contributed by atoms with Crippen LogP contribution in [0.3, 0.4) is 0 Å². The van der Waals surface area contributed by atoms with Crippen LogP contribution < -0.4 is 10.1 Å². The number of fused-ring (bicyclic) bond motifs is 1. The summed E-state index contributed by atoms with van der Waals surface area (Å²) in [5.74, 6) is 1.50. The second-order valence-electron chi connectivity index (χ2n) is 5.46. The van der Waals surface area contributed by atoms with Gasteiger partial charge in [0.25, 0.3) is 0 Å². The van der Waals surface area contributed by atoms with E-state index in [-0.39, 0.29) is 5.38 Å². The lowest BCUT2D eigenvalue weighted by Gasteiger charge is -2.27. The summed E-state index contributed by atoms with van der Waals surface area (Å²) < 4.78 is 5.72. The van der Waals surface area contributed by atoms with Gasteiger partial charge in [0.2, 0.25) is 0 Å². The maximum Gasteiger partial charge on any atom is 0.122 e. The third-order valence-electron chi connectivity index (χ3n) is 4.01. The van der Waals surface area contributed by atoms with Crippen LogP contribution in [0.1, 0.15) is 35.8 Å². The molecule has 0 aliphatic carbocycles. The molecule has 0 saturated carbocycles. The minimum absolute atomic E-state index is 0.00988. The Bertz CT molecular complexity index is 612. The van der Waals surface area contributed by atoms with Crippen LogP contribution in [-0.2, 0) is 0 Å². The molecule has 3 heteroatoms. The molecule has 0 radical (unpaired) electrons. The number of alkyl halides is 1. The zero-order valence-corrected chi connectivity index (χ0v) is 12.9. The van der Waals surface area contributed by atoms with E-state index >= 15 is 0 Å². The van der Waals surface area contributed by atoms with Gasteiger partial charge < -0.3 is 10.1 Å². The summed E-state index contributed by atoms with van der Waals surface area (Å²) in [6.45, 7) is 3.70. The molecule has 21 heavy (non-hydrogen) atoms. The maximum absolute atomic E-state index is 6.25. The lowest BCUT2D eigenvalue weighted by atomic mass is 9.93. The van der Waals surface area contributed by atoms with E-state index in [2.05, 4.69) is 35.6 Å². The Morgan fingerprint density at radius 3 is 2.81 bits per heavy atom. The Labute approximate surface area is 131 Å². The number of anilines is 1. The van der Waals surface area contributed by atoms with E-state index in [9.17, 15) is 0 Å². The Hall–Kier alpha value is -1.67. The Morgan fingerprint density at radius 2 is 1.95 bits per heavy atom. The van der Waals surface area contributed by atoms with E-state index < -0.39 is 0 Å². The van der Waals surface area contributed by atoms with Gasteiger partial charge >= 0.3 is 0 Å². The molecule has 0 aromatic heterocycles. The number of rotatable bonds is 4. The average Bonchev–Trinajstić information content (AvgIpc) is 2.53. The number of hydrogen-bond donors (Lipinski definition) is 1. The van der Waals surface area contributed by atoms with E-state index in [0.717, 1.165) is 36.6 Å². The molecule has 2 aromatic carbocycles. The summed E-state index contributed by atoms with van der Waals surface area (Å²) in [4.78, 5) is 0. The van der Waals surface area contributed by atoms with Gasteiger partial charge in [0.1, 0.15) is 5.75 Å². The smallest absolute Gasteiger partial charge is 0.122 e. The highest BCUT2D eigenvalue weighted by Crippen LogP contribution is 2.34. The molecule has 2 aromatic rings. The van der Waals surface area contributed by atoms with E-state index in [1.54, 1.807) is 0 Å². The molecule has 2 unspecified atom stereocenters. The minimum atomic E-state index is 0.00988. The molecule has 1 aliphatic heterocycles. The molecule has 1 N–H and O–H groups in total. The van der Waals surface area contributed by atoms with Crippen molar-refractivity contribution in [2.75, 3.05) is 18.5 Å². The lowest BCUT2D eigenvalue weighted by molar-refractivity contribution is 0.270. The van der Waals surface area contributed by atoms with Crippen molar-refractivity contribution in [3.05, 3.63) is 59.7 Å². The van der Waals surface area contributed by atoms with E-state index in [4.69, 9.17) is 16.3 Å². The van der Waals surface area contributed by atoms with E-state index in [0.29, 0.717) is 5.92 Å². The molecule has 110 valence electrons. The molecular weight excluding hydrogens is 282 g/mol. The molecule has 0 bridgehead atoms. The van der Waals surface area contributed by atoms with Crippen LogP contribution in [0.5, 0.6) is 5.75 Å². The highest BCUT2D eigenvalue weighted by Gasteiger charge is 2.21. The standard InChI is InChI=1S/C18H20ClNO/c1-13(19)15-6-2-4-8-17(15)20-12-14-10-11-21-18-9-5-3-7-16(14)18/h2-9,13-14,20H,10-12H2,1H3. The second kappa shape index (κ2) is 6.40. The van der Waals surface area contributed by atoms with Gasteiger partial charge in [-0.05, 0) is 36.6 Å². The van der Waals surface area contributed by atoms with E-state index in [1.807, 2.05) is 25.1 Å². The largest absolute Gasteiger partial charge is 0.493 e. The van der Waals surface area contributed by atoms with Crippen molar-refractivity contribution in [2.24, 2.45) is 0 Å². The summed E-state index contributed by atoms with van der Waals surface area (Å²) in [6.07, 6.45) is 1.04. The SMILES string of the molecule is CC(Cl)c1ccccc1NCC1CCOc2ccccc21. The van der Waals surface area contributed by atoms with Crippen LogP contribution in [0, 0.1) is 0 Å². The fourth-order valence-electron chi connectivity index (χ4n) is 2.87. The molecular formula is C18H20ClNO. The first-order valence-corrected chi connectivity index (χ1v) is 7.88. The van der Waals surface area contributed by atoms with Gasteiger partial charge in [-0.15, -0.1) is 11.6 Å². The number of ether oxygens (including phenoxy) is 1. The zero-order chi connectivity index (χ0) is 14.7. The molecule has 1 aliphatic rings. The highest BCUT2D eigenvalue weighted by molar-refractivity contribution is 6.21. The number of halogens is 1. The molecule has 0 spiro atoms. The first kappa shape index (κ1) is 14.3. The van der Waals surface area contributed by atoms with Crippen LogP contribution in [0.4, 0.5) is 5.69 Å². The van der Waals surface area contributed by atoms with Crippen LogP contribution in [0.15, 0.2) is 48.5 Å². The quantitative estimate of drug-likeness (QED) is 0.806. The Morgan fingerprint density at radius 1 is 1.19 bits per heavy atom. The predicted octanol–water partition coefficient (Wildman–Crippen LogP) is 4.96. The van der Waals surface area contributed by atoms with Gasteiger partial charge in [0, 0.05) is 18.2 Å². The summed E-state index contributed by atoms with van der Waals surface area (Å²) in [5, 5.41) is 3.58. The van der Waals surface area contributed by atoms with Crippen molar-refractivity contribution in [3.63, 3.8) is 0 Å². The minimum Gasteiger partial charge on any atom is -0.493 e. The van der Waals surface area contributed by atoms with Crippen molar-refractivity contribution in [3.8, 4) is 5.75 Å². The van der Waals surface area contributed by atoms with Crippen molar-refractivity contribution in [1.82, 2.24) is 0 Å². The summed E-state index contributed by atoms with van der Waals surface area (Å²) in [6, 6.07) is 16.6. The highest BCUT2D eigenvalue weighted by atomic mass is 35.5. The summed E-state index contributed by atoms with van der Waals surface area (Å²) >= 11 is 6.25. The lowest BCUT2D eigenvalue weighted by Crippen LogP contribution is -2.21. The molecule has 0 fully saturated rings. The number of benzene rings is 2. The number of hydrogen-bond acceptors (Lipinski definition) is 2. The normalized spacial score (nSPS) is 18.5.